The molecule has 156 valence electrons. The van der Waals surface area contributed by atoms with Gasteiger partial charge in [-0.25, -0.2) is 0 Å². The van der Waals surface area contributed by atoms with E-state index in [9.17, 15) is 14.9 Å². The Morgan fingerprint density at radius 2 is 1.90 bits per heavy atom. The Hall–Kier alpha value is -3.78. The zero-order valence-corrected chi connectivity index (χ0v) is 16.8. The summed E-state index contributed by atoms with van der Waals surface area (Å²) in [4.78, 5) is 25.9. The lowest BCUT2D eigenvalue weighted by Crippen LogP contribution is -2.42. The molecule has 2 aliphatic heterocycles. The zero-order valence-electron chi connectivity index (χ0n) is 16.1. The highest BCUT2D eigenvalue weighted by molar-refractivity contribution is 6.32. The molecule has 0 radical (unpaired) electrons. The highest BCUT2D eigenvalue weighted by Gasteiger charge is 2.34. The lowest BCUT2D eigenvalue weighted by molar-refractivity contribution is -0.384. The van der Waals surface area contributed by atoms with E-state index in [1.54, 1.807) is 29.2 Å². The summed E-state index contributed by atoms with van der Waals surface area (Å²) in [7, 11) is 0. The van der Waals surface area contributed by atoms with Gasteiger partial charge in [-0.05, 0) is 35.9 Å². The van der Waals surface area contributed by atoms with Crippen LogP contribution in [0.25, 0.3) is 0 Å². The normalized spacial score (nSPS) is 16.6. The second-order valence-electron chi connectivity index (χ2n) is 7.18. The maximum Gasteiger partial charge on any atom is 0.288 e. The number of nitro groups is 1. The van der Waals surface area contributed by atoms with Gasteiger partial charge in [0.05, 0.1) is 10.5 Å². The van der Waals surface area contributed by atoms with Crippen LogP contribution < -0.4 is 14.8 Å². The first-order valence-corrected chi connectivity index (χ1v) is 9.88. The van der Waals surface area contributed by atoms with Crippen LogP contribution in [0.3, 0.4) is 0 Å². The number of carbonyl (C=O) groups excluding carboxylic acids is 1. The minimum atomic E-state index is -0.621. The van der Waals surface area contributed by atoms with Crippen LogP contribution in [0.15, 0.2) is 60.7 Å². The quantitative estimate of drug-likeness (QED) is 0.468. The molecule has 5 rings (SSSR count). The van der Waals surface area contributed by atoms with Crippen molar-refractivity contribution in [3.8, 4) is 11.5 Å². The number of amides is 1. The third kappa shape index (κ3) is 3.40. The van der Waals surface area contributed by atoms with Crippen molar-refractivity contribution in [1.29, 1.82) is 0 Å². The molecule has 0 spiro atoms. The predicted molar refractivity (Wildman–Crippen MR) is 113 cm³/mol. The summed E-state index contributed by atoms with van der Waals surface area (Å²) >= 11 is 5.99. The van der Waals surface area contributed by atoms with E-state index in [0.29, 0.717) is 28.3 Å². The van der Waals surface area contributed by atoms with Gasteiger partial charge in [-0.3, -0.25) is 14.9 Å². The maximum atomic E-state index is 13.4. The lowest BCUT2D eigenvalue weighted by atomic mass is 10.0. The third-order valence-corrected chi connectivity index (χ3v) is 5.61. The van der Waals surface area contributed by atoms with E-state index in [1.165, 1.54) is 12.1 Å². The summed E-state index contributed by atoms with van der Waals surface area (Å²) in [6.07, 6.45) is -0.621. The van der Waals surface area contributed by atoms with Crippen molar-refractivity contribution in [3.05, 3.63) is 92.5 Å². The van der Waals surface area contributed by atoms with Gasteiger partial charge in [0.15, 0.2) is 11.5 Å². The Bertz CT molecular complexity index is 1220. The molecular weight excluding hydrogens is 422 g/mol. The van der Waals surface area contributed by atoms with Crippen LogP contribution in [0.1, 0.15) is 27.7 Å². The molecule has 0 aliphatic carbocycles. The first kappa shape index (κ1) is 19.2. The monoisotopic (exact) mass is 437 g/mol. The van der Waals surface area contributed by atoms with Gasteiger partial charge in [0.2, 0.25) is 6.79 Å². The molecule has 0 fully saturated rings. The lowest BCUT2D eigenvalue weighted by Gasteiger charge is -2.38. The van der Waals surface area contributed by atoms with Crippen LogP contribution >= 0.6 is 11.6 Å². The second kappa shape index (κ2) is 7.48. The average Bonchev–Trinajstić information content (AvgIpc) is 3.24. The number of para-hydroxylation sites is 1. The van der Waals surface area contributed by atoms with Crippen molar-refractivity contribution >= 4 is 28.9 Å². The average molecular weight is 438 g/mol. The second-order valence-corrected chi connectivity index (χ2v) is 7.59. The summed E-state index contributed by atoms with van der Waals surface area (Å²) < 4.78 is 10.8. The fourth-order valence-corrected chi connectivity index (χ4v) is 3.98. The van der Waals surface area contributed by atoms with Crippen molar-refractivity contribution < 1.29 is 19.2 Å². The summed E-state index contributed by atoms with van der Waals surface area (Å²) in [6, 6.07) is 17.2. The zero-order chi connectivity index (χ0) is 21.5. The number of hydrogen-bond donors (Lipinski definition) is 1. The minimum Gasteiger partial charge on any atom is -0.454 e. The summed E-state index contributed by atoms with van der Waals surface area (Å²) in [6.45, 7) is 0.422. The number of nitro benzene ring substituents is 1. The Kier molecular flexibility index (Phi) is 4.63. The molecular formula is C22H16ClN3O5. The Morgan fingerprint density at radius 3 is 2.74 bits per heavy atom. The highest BCUT2D eigenvalue weighted by Crippen LogP contribution is 2.38. The molecule has 3 aromatic rings. The topological polar surface area (TPSA) is 93.9 Å². The molecule has 0 unspecified atom stereocenters. The SMILES string of the molecule is O=C1c2ccccc2N[C@H](c2ccc(Cl)c([N+](=O)[O-])c2)N1Cc1ccc2c(c1)OCO2. The van der Waals surface area contributed by atoms with Gasteiger partial charge < -0.3 is 19.7 Å². The van der Waals surface area contributed by atoms with Crippen LogP contribution in [-0.4, -0.2) is 22.5 Å². The van der Waals surface area contributed by atoms with Crippen LogP contribution in [0.4, 0.5) is 11.4 Å². The van der Waals surface area contributed by atoms with Crippen LogP contribution in [-0.2, 0) is 6.54 Å². The van der Waals surface area contributed by atoms with E-state index < -0.39 is 11.1 Å². The van der Waals surface area contributed by atoms with Crippen molar-refractivity contribution in [1.82, 2.24) is 4.90 Å². The molecule has 1 atom stereocenters. The predicted octanol–water partition coefficient (Wildman–Crippen LogP) is 4.74. The largest absolute Gasteiger partial charge is 0.454 e. The van der Waals surface area contributed by atoms with E-state index in [1.807, 2.05) is 24.3 Å². The van der Waals surface area contributed by atoms with Crippen molar-refractivity contribution in [3.63, 3.8) is 0 Å². The highest BCUT2D eigenvalue weighted by atomic mass is 35.5. The van der Waals surface area contributed by atoms with Gasteiger partial charge in [-0.2, -0.15) is 0 Å². The number of anilines is 1. The Labute approximate surface area is 182 Å². The molecule has 2 heterocycles. The van der Waals surface area contributed by atoms with Gasteiger partial charge in [0.1, 0.15) is 11.2 Å². The third-order valence-electron chi connectivity index (χ3n) is 5.29. The van der Waals surface area contributed by atoms with Gasteiger partial charge in [-0.1, -0.05) is 35.9 Å². The number of hydrogen-bond acceptors (Lipinski definition) is 6. The fourth-order valence-electron chi connectivity index (χ4n) is 3.79. The molecule has 0 aromatic heterocycles. The summed E-state index contributed by atoms with van der Waals surface area (Å²) in [5.74, 6) is 1.09. The Morgan fingerprint density at radius 1 is 1.10 bits per heavy atom. The molecule has 1 N–H and O–H groups in total. The first-order valence-electron chi connectivity index (χ1n) is 9.50. The molecule has 0 saturated heterocycles. The van der Waals surface area contributed by atoms with E-state index in [2.05, 4.69) is 5.32 Å². The van der Waals surface area contributed by atoms with Gasteiger partial charge >= 0.3 is 0 Å². The summed E-state index contributed by atoms with van der Waals surface area (Å²) in [5.41, 5.74) is 2.38. The molecule has 1 amide bonds. The fraction of sp³-hybridized carbons (Fsp3) is 0.136. The van der Waals surface area contributed by atoms with E-state index in [0.717, 1.165) is 5.56 Å². The van der Waals surface area contributed by atoms with E-state index >= 15 is 0 Å². The smallest absolute Gasteiger partial charge is 0.288 e. The molecule has 9 heteroatoms. The molecule has 2 aliphatic rings. The number of halogens is 1. The number of ether oxygens (including phenoxy) is 2. The number of benzene rings is 3. The first-order chi connectivity index (χ1) is 15.0. The number of nitrogens with zero attached hydrogens (tertiary/aromatic N) is 2. The maximum absolute atomic E-state index is 13.4. The Balaban J connectivity index is 1.56. The molecule has 0 bridgehead atoms. The van der Waals surface area contributed by atoms with Gasteiger partial charge in [0, 0.05) is 23.9 Å². The molecule has 31 heavy (non-hydrogen) atoms. The molecule has 8 nitrogen and oxygen atoms in total. The van der Waals surface area contributed by atoms with Crippen LogP contribution in [0.5, 0.6) is 11.5 Å². The number of rotatable bonds is 4. The van der Waals surface area contributed by atoms with Gasteiger partial charge in [-0.15, -0.1) is 0 Å². The van der Waals surface area contributed by atoms with Crippen LogP contribution in [0, 0.1) is 10.1 Å². The molecule has 0 saturated carbocycles. The number of fused-ring (bicyclic) bond motifs is 2. The van der Waals surface area contributed by atoms with Crippen molar-refractivity contribution in [2.75, 3.05) is 12.1 Å². The number of nitrogens with one attached hydrogen (secondary N) is 1. The van der Waals surface area contributed by atoms with Crippen LogP contribution in [0.2, 0.25) is 5.02 Å². The minimum absolute atomic E-state index is 0.0404. The van der Waals surface area contributed by atoms with E-state index in [-0.39, 0.29) is 30.0 Å². The van der Waals surface area contributed by atoms with E-state index in [4.69, 9.17) is 21.1 Å². The number of carbonyl (C=O) groups is 1. The van der Waals surface area contributed by atoms with Crippen molar-refractivity contribution in [2.45, 2.75) is 12.7 Å². The standard InChI is InChI=1S/C22H16ClN3O5/c23-16-7-6-14(10-18(16)26(28)29)21-24-17-4-2-1-3-15(17)22(27)25(21)11-13-5-8-19-20(9-13)31-12-30-19/h1-10,21,24H,11-12H2/t21-/m0/s1. The summed E-state index contributed by atoms with van der Waals surface area (Å²) in [5, 5.41) is 14.8. The molecule has 3 aromatic carbocycles. The van der Waals surface area contributed by atoms with Gasteiger partial charge in [0.25, 0.3) is 11.6 Å². The van der Waals surface area contributed by atoms with Crippen molar-refractivity contribution in [2.24, 2.45) is 0 Å².